The molecule has 0 spiro atoms. The Morgan fingerprint density at radius 3 is 2.87 bits per heavy atom. The summed E-state index contributed by atoms with van der Waals surface area (Å²) in [6, 6.07) is 7.23. The zero-order valence-electron chi connectivity index (χ0n) is 13.2. The summed E-state index contributed by atoms with van der Waals surface area (Å²) < 4.78 is 5.25. The van der Waals surface area contributed by atoms with E-state index in [1.165, 1.54) is 11.3 Å². The maximum Gasteiger partial charge on any atom is 0.341 e. The molecule has 1 aliphatic rings. The Kier molecular flexibility index (Phi) is 4.86. The third-order valence-corrected chi connectivity index (χ3v) is 5.33. The number of carbonyl (C=O) groups excluding carboxylic acids is 1. The van der Waals surface area contributed by atoms with Gasteiger partial charge in [-0.3, -0.25) is 0 Å². The number of anilines is 1. The summed E-state index contributed by atoms with van der Waals surface area (Å²) in [5, 5.41) is 14.1. The molecule has 4 nitrogen and oxygen atoms in total. The largest absolute Gasteiger partial charge is 0.508 e. The van der Waals surface area contributed by atoms with Gasteiger partial charge in [0.2, 0.25) is 0 Å². The minimum Gasteiger partial charge on any atom is -0.508 e. The Labute approximate surface area is 140 Å². The number of hydrogen-bond donors (Lipinski definition) is 2. The van der Waals surface area contributed by atoms with E-state index >= 15 is 0 Å². The molecular weight excluding hydrogens is 310 g/mol. The maximum absolute atomic E-state index is 12.4. The monoisotopic (exact) mass is 331 g/mol. The van der Waals surface area contributed by atoms with Crippen LogP contribution in [0.25, 0.3) is 0 Å². The van der Waals surface area contributed by atoms with Crippen LogP contribution < -0.4 is 5.32 Å². The smallest absolute Gasteiger partial charge is 0.341 e. The Balaban J connectivity index is 1.87. The van der Waals surface area contributed by atoms with Gasteiger partial charge in [-0.05, 0) is 44.2 Å². The predicted molar refractivity (Wildman–Crippen MR) is 92.4 cm³/mol. The number of hydrogen-bond acceptors (Lipinski definition) is 5. The molecule has 1 aromatic heterocycles. The lowest BCUT2D eigenvalue weighted by Gasteiger charge is -2.12. The van der Waals surface area contributed by atoms with Gasteiger partial charge in [-0.1, -0.05) is 18.2 Å². The van der Waals surface area contributed by atoms with E-state index in [-0.39, 0.29) is 11.7 Å². The SMILES string of the molecule is CCOC(=O)c1c(NCc2ccccc2O)sc2c1CCCC2. The number of thiophene rings is 1. The molecule has 0 aliphatic heterocycles. The van der Waals surface area contributed by atoms with E-state index in [9.17, 15) is 9.90 Å². The molecule has 122 valence electrons. The van der Waals surface area contributed by atoms with Gasteiger partial charge >= 0.3 is 5.97 Å². The molecule has 0 atom stereocenters. The van der Waals surface area contributed by atoms with E-state index in [2.05, 4.69) is 5.32 Å². The highest BCUT2D eigenvalue weighted by Crippen LogP contribution is 2.39. The van der Waals surface area contributed by atoms with Gasteiger partial charge in [-0.25, -0.2) is 4.79 Å². The quantitative estimate of drug-likeness (QED) is 0.809. The second kappa shape index (κ2) is 7.04. The first-order valence-corrected chi connectivity index (χ1v) is 8.84. The summed E-state index contributed by atoms with van der Waals surface area (Å²) in [6.07, 6.45) is 4.27. The fraction of sp³-hybridized carbons (Fsp3) is 0.389. The van der Waals surface area contributed by atoms with Gasteiger partial charge in [0.1, 0.15) is 10.8 Å². The molecule has 0 unspecified atom stereocenters. The Morgan fingerprint density at radius 2 is 2.09 bits per heavy atom. The highest BCUT2D eigenvalue weighted by atomic mass is 32.1. The highest BCUT2D eigenvalue weighted by Gasteiger charge is 2.26. The van der Waals surface area contributed by atoms with Crippen LogP contribution in [0.3, 0.4) is 0 Å². The zero-order chi connectivity index (χ0) is 16.2. The second-order valence-corrected chi connectivity index (χ2v) is 6.72. The number of carbonyl (C=O) groups is 1. The van der Waals surface area contributed by atoms with E-state index < -0.39 is 0 Å². The van der Waals surface area contributed by atoms with Crippen LogP contribution in [0.15, 0.2) is 24.3 Å². The molecule has 0 radical (unpaired) electrons. The Hall–Kier alpha value is -2.01. The van der Waals surface area contributed by atoms with Crippen LogP contribution in [-0.2, 0) is 24.1 Å². The zero-order valence-corrected chi connectivity index (χ0v) is 14.0. The second-order valence-electron chi connectivity index (χ2n) is 5.62. The molecular formula is C18H21NO3S. The number of ether oxygens (including phenoxy) is 1. The van der Waals surface area contributed by atoms with Crippen molar-refractivity contribution >= 4 is 22.3 Å². The van der Waals surface area contributed by atoms with E-state index in [1.807, 2.05) is 19.1 Å². The number of fused-ring (bicyclic) bond motifs is 1. The molecule has 0 amide bonds. The molecule has 1 aromatic carbocycles. The molecule has 5 heteroatoms. The standard InChI is InChI=1S/C18H21NO3S/c1-2-22-18(21)16-13-8-4-6-10-15(13)23-17(16)19-11-12-7-3-5-9-14(12)20/h3,5,7,9,19-20H,2,4,6,8,10-11H2,1H3. The van der Waals surface area contributed by atoms with Crippen LogP contribution in [0.4, 0.5) is 5.00 Å². The lowest BCUT2D eigenvalue weighted by atomic mass is 9.95. The van der Waals surface area contributed by atoms with Crippen molar-refractivity contribution in [3.8, 4) is 5.75 Å². The topological polar surface area (TPSA) is 58.6 Å². The Morgan fingerprint density at radius 1 is 1.30 bits per heavy atom. The van der Waals surface area contributed by atoms with E-state index in [4.69, 9.17) is 4.74 Å². The number of aromatic hydroxyl groups is 1. The number of nitrogens with one attached hydrogen (secondary N) is 1. The van der Waals surface area contributed by atoms with Gasteiger partial charge in [0.05, 0.1) is 12.2 Å². The molecule has 1 aliphatic carbocycles. The van der Waals surface area contributed by atoms with Crippen molar-refractivity contribution in [1.29, 1.82) is 0 Å². The van der Waals surface area contributed by atoms with Crippen molar-refractivity contribution in [3.63, 3.8) is 0 Å². The normalized spacial score (nSPS) is 13.4. The summed E-state index contributed by atoms with van der Waals surface area (Å²) >= 11 is 1.65. The van der Waals surface area contributed by atoms with Crippen molar-refractivity contribution in [3.05, 3.63) is 45.8 Å². The number of rotatable bonds is 5. The average Bonchev–Trinajstić information content (AvgIpc) is 2.92. The number of phenolic OH excluding ortho intramolecular Hbond substituents is 1. The van der Waals surface area contributed by atoms with Crippen LogP contribution >= 0.6 is 11.3 Å². The van der Waals surface area contributed by atoms with Crippen LogP contribution in [0.5, 0.6) is 5.75 Å². The van der Waals surface area contributed by atoms with Crippen molar-refractivity contribution in [2.75, 3.05) is 11.9 Å². The van der Waals surface area contributed by atoms with Gasteiger partial charge in [0.15, 0.2) is 0 Å². The minimum absolute atomic E-state index is 0.244. The van der Waals surface area contributed by atoms with Crippen LogP contribution in [-0.4, -0.2) is 17.7 Å². The van der Waals surface area contributed by atoms with E-state index in [0.29, 0.717) is 18.7 Å². The first-order valence-electron chi connectivity index (χ1n) is 8.03. The van der Waals surface area contributed by atoms with Gasteiger partial charge in [-0.2, -0.15) is 0 Å². The summed E-state index contributed by atoms with van der Waals surface area (Å²) in [6.45, 7) is 2.69. The summed E-state index contributed by atoms with van der Waals surface area (Å²) in [5.41, 5.74) is 2.66. The fourth-order valence-electron chi connectivity index (χ4n) is 2.95. The number of aryl methyl sites for hydroxylation is 1. The van der Waals surface area contributed by atoms with Crippen molar-refractivity contribution in [2.45, 2.75) is 39.2 Å². The molecule has 23 heavy (non-hydrogen) atoms. The predicted octanol–water partition coefficient (Wildman–Crippen LogP) is 4.12. The number of para-hydroxylation sites is 1. The van der Waals surface area contributed by atoms with Crippen molar-refractivity contribution < 1.29 is 14.6 Å². The number of benzene rings is 1. The first-order chi connectivity index (χ1) is 11.2. The van der Waals surface area contributed by atoms with Crippen molar-refractivity contribution in [1.82, 2.24) is 0 Å². The molecule has 0 saturated heterocycles. The first kappa shape index (κ1) is 15.9. The summed E-state index contributed by atoms with van der Waals surface area (Å²) in [4.78, 5) is 13.7. The van der Waals surface area contributed by atoms with Crippen molar-refractivity contribution in [2.24, 2.45) is 0 Å². The Bertz CT molecular complexity index is 708. The average molecular weight is 331 g/mol. The molecule has 2 N–H and O–H groups in total. The minimum atomic E-state index is -0.244. The van der Waals surface area contributed by atoms with Gasteiger partial charge in [0.25, 0.3) is 0 Å². The third kappa shape index (κ3) is 3.34. The molecule has 0 saturated carbocycles. The highest BCUT2D eigenvalue weighted by molar-refractivity contribution is 7.16. The molecule has 3 rings (SSSR count). The molecule has 0 bridgehead atoms. The maximum atomic E-state index is 12.4. The van der Waals surface area contributed by atoms with Crippen LogP contribution in [0.1, 0.15) is 46.1 Å². The third-order valence-electron chi connectivity index (χ3n) is 4.08. The fourth-order valence-corrected chi connectivity index (χ4v) is 4.22. The summed E-state index contributed by atoms with van der Waals surface area (Å²) in [5.74, 6) is 0.0192. The van der Waals surface area contributed by atoms with E-state index in [1.54, 1.807) is 23.5 Å². The molecule has 0 fully saturated rings. The lowest BCUT2D eigenvalue weighted by molar-refractivity contribution is 0.0526. The van der Waals surface area contributed by atoms with E-state index in [0.717, 1.165) is 35.4 Å². The molecule has 1 heterocycles. The molecule has 2 aromatic rings. The number of esters is 1. The van der Waals surface area contributed by atoms with Crippen LogP contribution in [0.2, 0.25) is 0 Å². The lowest BCUT2D eigenvalue weighted by Crippen LogP contribution is -2.11. The van der Waals surface area contributed by atoms with Gasteiger partial charge < -0.3 is 15.2 Å². The summed E-state index contributed by atoms with van der Waals surface area (Å²) in [7, 11) is 0. The van der Waals surface area contributed by atoms with Gasteiger partial charge in [-0.15, -0.1) is 11.3 Å². The number of phenols is 1. The van der Waals surface area contributed by atoms with Gasteiger partial charge in [0, 0.05) is 17.0 Å². The van der Waals surface area contributed by atoms with Crippen LogP contribution in [0, 0.1) is 0 Å².